The number of halogens is 1. The Balaban J connectivity index is 1.42. The lowest BCUT2D eigenvalue weighted by molar-refractivity contribution is 0.0641. The predicted octanol–water partition coefficient (Wildman–Crippen LogP) is 4.78. The number of hydrogen-bond donors (Lipinski definition) is 3. The van der Waals surface area contributed by atoms with Gasteiger partial charge in [-0.2, -0.15) is 0 Å². The van der Waals surface area contributed by atoms with Crippen LogP contribution in [0.3, 0.4) is 0 Å². The van der Waals surface area contributed by atoms with Crippen molar-refractivity contribution in [1.82, 2.24) is 20.2 Å². The zero-order valence-electron chi connectivity index (χ0n) is 20.2. The van der Waals surface area contributed by atoms with Gasteiger partial charge in [0.2, 0.25) is 5.82 Å². The number of carbonyl (C=O) groups excluding carboxylic acids is 1. The number of anilines is 1. The van der Waals surface area contributed by atoms with E-state index in [4.69, 9.17) is 4.74 Å². The van der Waals surface area contributed by atoms with E-state index in [1.54, 1.807) is 38.1 Å². The maximum atomic E-state index is 14.6. The van der Waals surface area contributed by atoms with Gasteiger partial charge in [0.25, 0.3) is 5.91 Å². The number of hydrogen-bond acceptors (Lipinski definition) is 6. The fourth-order valence-corrected chi connectivity index (χ4v) is 3.61. The molecule has 4 aromatic rings. The van der Waals surface area contributed by atoms with E-state index in [1.165, 1.54) is 12.3 Å². The molecule has 36 heavy (non-hydrogen) atoms. The quantitative estimate of drug-likeness (QED) is 0.276. The maximum absolute atomic E-state index is 14.6. The summed E-state index contributed by atoms with van der Waals surface area (Å²) >= 11 is 0. The van der Waals surface area contributed by atoms with Crippen LogP contribution in [0.1, 0.15) is 48.7 Å². The zero-order valence-corrected chi connectivity index (χ0v) is 20.2. The summed E-state index contributed by atoms with van der Waals surface area (Å²) in [6, 6.07) is 17.4. The number of rotatable bonds is 10. The molecule has 0 aliphatic heterocycles. The summed E-state index contributed by atoms with van der Waals surface area (Å²) in [6.07, 6.45) is 3.26. The van der Waals surface area contributed by atoms with Crippen LogP contribution in [-0.4, -0.2) is 43.4 Å². The van der Waals surface area contributed by atoms with Crippen molar-refractivity contribution in [2.75, 3.05) is 11.9 Å². The Bertz CT molecular complexity index is 1320. The highest BCUT2D eigenvalue weighted by molar-refractivity contribution is 6.01. The number of aromatic nitrogens is 4. The number of nitrogens with zero attached hydrogens (tertiary/aromatic N) is 3. The van der Waals surface area contributed by atoms with E-state index in [0.29, 0.717) is 48.6 Å². The molecular weight excluding hydrogens is 461 g/mol. The molecule has 0 fully saturated rings. The van der Waals surface area contributed by atoms with Crippen molar-refractivity contribution in [2.24, 2.45) is 0 Å². The number of pyridine rings is 1. The van der Waals surface area contributed by atoms with Crippen molar-refractivity contribution in [3.63, 3.8) is 0 Å². The van der Waals surface area contributed by atoms with Crippen LogP contribution < -0.4 is 10.1 Å². The number of ether oxygens (including phenoxy) is 1. The van der Waals surface area contributed by atoms with Gasteiger partial charge >= 0.3 is 0 Å². The Morgan fingerprint density at radius 2 is 1.94 bits per heavy atom. The lowest BCUT2D eigenvalue weighted by Crippen LogP contribution is -2.19. The number of carbonyl (C=O) groups is 1. The fraction of sp³-hybridized carbons (Fsp3) is 0.259. The second-order valence-electron chi connectivity index (χ2n) is 9.06. The Kier molecular flexibility index (Phi) is 7.70. The van der Waals surface area contributed by atoms with Crippen molar-refractivity contribution in [3.05, 3.63) is 89.9 Å². The molecular formula is C27H28FN5O3. The first kappa shape index (κ1) is 25.0. The summed E-state index contributed by atoms with van der Waals surface area (Å²) in [5, 5.41) is 19.3. The monoisotopic (exact) mass is 489 g/mol. The molecule has 0 radical (unpaired) electrons. The highest BCUT2D eigenvalue weighted by atomic mass is 19.1. The van der Waals surface area contributed by atoms with Crippen LogP contribution >= 0.6 is 0 Å². The molecule has 2 aromatic heterocycles. The van der Waals surface area contributed by atoms with Crippen LogP contribution in [0.25, 0.3) is 11.1 Å². The standard InChI is InChI=1S/C27H28FN5O3/c1-27(2,35)12-6-14-36-20-9-10-22(28)21(17-20)19-11-13-29-23(16-19)31-26(34)25-30-24(32-33-25)15-18-7-4-3-5-8-18/h3-5,7-11,13,16-17,35H,6,12,14-15H2,1-2H3,(H,29,31,34)(H,30,32,33). The number of amides is 1. The van der Waals surface area contributed by atoms with E-state index >= 15 is 0 Å². The number of benzene rings is 2. The van der Waals surface area contributed by atoms with E-state index in [9.17, 15) is 14.3 Å². The summed E-state index contributed by atoms with van der Waals surface area (Å²) in [4.78, 5) is 21.1. The van der Waals surface area contributed by atoms with Crippen LogP contribution in [0.4, 0.5) is 10.2 Å². The molecule has 0 aliphatic carbocycles. The predicted molar refractivity (Wildman–Crippen MR) is 134 cm³/mol. The van der Waals surface area contributed by atoms with Crippen LogP contribution in [0.15, 0.2) is 66.9 Å². The van der Waals surface area contributed by atoms with E-state index in [-0.39, 0.29) is 11.6 Å². The SMILES string of the molecule is CC(C)(O)CCCOc1ccc(F)c(-c2ccnc(NC(=O)c3n[nH]c(Cc4ccccc4)n3)c2)c1. The summed E-state index contributed by atoms with van der Waals surface area (Å²) in [5.74, 6) is 0.343. The van der Waals surface area contributed by atoms with Gasteiger partial charge in [-0.3, -0.25) is 9.89 Å². The molecule has 0 atom stereocenters. The van der Waals surface area contributed by atoms with Crippen molar-refractivity contribution in [1.29, 1.82) is 0 Å². The number of nitrogens with one attached hydrogen (secondary N) is 2. The number of aliphatic hydroxyl groups is 1. The van der Waals surface area contributed by atoms with Gasteiger partial charge < -0.3 is 15.2 Å². The normalized spacial score (nSPS) is 11.3. The second-order valence-corrected chi connectivity index (χ2v) is 9.06. The minimum Gasteiger partial charge on any atom is -0.494 e. The van der Waals surface area contributed by atoms with E-state index in [0.717, 1.165) is 5.56 Å². The van der Waals surface area contributed by atoms with E-state index < -0.39 is 17.3 Å². The third-order valence-electron chi connectivity index (χ3n) is 5.40. The number of aromatic amines is 1. The van der Waals surface area contributed by atoms with Gasteiger partial charge in [0, 0.05) is 18.2 Å². The van der Waals surface area contributed by atoms with E-state index in [2.05, 4.69) is 25.5 Å². The molecule has 4 rings (SSSR count). The Hall–Kier alpha value is -4.11. The van der Waals surface area contributed by atoms with E-state index in [1.807, 2.05) is 30.3 Å². The Labute approximate surface area is 208 Å². The van der Waals surface area contributed by atoms with Crippen LogP contribution in [0.2, 0.25) is 0 Å². The van der Waals surface area contributed by atoms with Crippen molar-refractivity contribution in [3.8, 4) is 16.9 Å². The first-order chi connectivity index (χ1) is 17.3. The molecule has 9 heteroatoms. The van der Waals surface area contributed by atoms with Crippen molar-refractivity contribution >= 4 is 11.7 Å². The van der Waals surface area contributed by atoms with Gasteiger partial charge in [0.05, 0.1) is 12.2 Å². The molecule has 8 nitrogen and oxygen atoms in total. The molecule has 0 spiro atoms. The minimum absolute atomic E-state index is 0.0132. The maximum Gasteiger partial charge on any atom is 0.296 e. The largest absolute Gasteiger partial charge is 0.494 e. The third-order valence-corrected chi connectivity index (χ3v) is 5.40. The third kappa shape index (κ3) is 6.96. The highest BCUT2D eigenvalue weighted by Gasteiger charge is 2.15. The van der Waals surface area contributed by atoms with Gasteiger partial charge in [-0.25, -0.2) is 14.4 Å². The van der Waals surface area contributed by atoms with Gasteiger partial charge in [-0.15, -0.1) is 5.10 Å². The zero-order chi connectivity index (χ0) is 25.5. The average molecular weight is 490 g/mol. The van der Waals surface area contributed by atoms with Gasteiger partial charge in [-0.05, 0) is 68.1 Å². The Morgan fingerprint density at radius 1 is 1.14 bits per heavy atom. The lowest BCUT2D eigenvalue weighted by atomic mass is 10.0. The first-order valence-corrected chi connectivity index (χ1v) is 11.6. The molecule has 0 unspecified atom stereocenters. The molecule has 0 saturated carbocycles. The molecule has 1 amide bonds. The van der Waals surface area contributed by atoms with Crippen molar-refractivity contribution in [2.45, 2.75) is 38.7 Å². The molecule has 0 saturated heterocycles. The molecule has 2 aromatic carbocycles. The summed E-state index contributed by atoms with van der Waals surface area (Å²) in [7, 11) is 0. The first-order valence-electron chi connectivity index (χ1n) is 11.6. The highest BCUT2D eigenvalue weighted by Crippen LogP contribution is 2.28. The molecule has 3 N–H and O–H groups in total. The molecule has 0 aliphatic rings. The Morgan fingerprint density at radius 3 is 2.72 bits per heavy atom. The summed E-state index contributed by atoms with van der Waals surface area (Å²) in [6.45, 7) is 3.89. The fourth-order valence-electron chi connectivity index (χ4n) is 3.61. The minimum atomic E-state index is -0.760. The van der Waals surface area contributed by atoms with Crippen LogP contribution in [-0.2, 0) is 6.42 Å². The topological polar surface area (TPSA) is 113 Å². The second kappa shape index (κ2) is 11.1. The van der Waals surface area contributed by atoms with Gasteiger partial charge in [0.15, 0.2) is 0 Å². The molecule has 2 heterocycles. The number of H-pyrrole nitrogens is 1. The molecule has 186 valence electrons. The summed E-state index contributed by atoms with van der Waals surface area (Å²) in [5.41, 5.74) is 1.13. The summed E-state index contributed by atoms with van der Waals surface area (Å²) < 4.78 is 20.4. The van der Waals surface area contributed by atoms with Gasteiger partial charge in [-0.1, -0.05) is 30.3 Å². The smallest absolute Gasteiger partial charge is 0.296 e. The van der Waals surface area contributed by atoms with Crippen LogP contribution in [0.5, 0.6) is 5.75 Å². The average Bonchev–Trinajstić information content (AvgIpc) is 3.32. The molecule has 0 bridgehead atoms. The van der Waals surface area contributed by atoms with Crippen LogP contribution in [0, 0.1) is 5.82 Å². The van der Waals surface area contributed by atoms with Gasteiger partial charge in [0.1, 0.15) is 23.2 Å². The van der Waals surface area contributed by atoms with Crippen molar-refractivity contribution < 1.29 is 19.0 Å². The lowest BCUT2D eigenvalue weighted by Gasteiger charge is -2.17.